The number of nitrogens with zero attached hydrogens (tertiary/aromatic N) is 1. The quantitative estimate of drug-likeness (QED) is 0.804. The van der Waals surface area contributed by atoms with E-state index in [9.17, 15) is 5.26 Å². The molecule has 1 saturated heterocycles. The van der Waals surface area contributed by atoms with Crippen LogP contribution in [-0.4, -0.2) is 19.2 Å². The molecule has 2 aliphatic carbocycles. The Labute approximate surface area is 101 Å². The van der Waals surface area contributed by atoms with E-state index in [0.717, 1.165) is 30.8 Å². The average molecular weight is 228 g/mol. The van der Waals surface area contributed by atoms with E-state index in [2.05, 4.69) is 23.5 Å². The maximum absolute atomic E-state index is 9.36. The lowest BCUT2D eigenvalue weighted by atomic mass is 10.0. The van der Waals surface area contributed by atoms with Crippen LogP contribution in [0, 0.1) is 17.2 Å². The third kappa shape index (κ3) is 2.13. The zero-order valence-corrected chi connectivity index (χ0v) is 9.78. The molecule has 3 rings (SSSR count). The fraction of sp³-hybridized carbons (Fsp3) is 0.500. The summed E-state index contributed by atoms with van der Waals surface area (Å²) in [7, 11) is 0. The predicted molar refractivity (Wildman–Crippen MR) is 64.9 cm³/mol. The maximum Gasteiger partial charge on any atom is 0.134 e. The van der Waals surface area contributed by atoms with Gasteiger partial charge in [0, 0.05) is 13.1 Å². The molecule has 0 atom stereocenters. The van der Waals surface area contributed by atoms with Gasteiger partial charge in [0.1, 0.15) is 17.9 Å². The van der Waals surface area contributed by atoms with Crippen molar-refractivity contribution in [3.05, 3.63) is 35.1 Å². The SMILES string of the molecule is N#CC1=C(C2CC2)C=CCC=C1OC1CNC1. The fourth-order valence-electron chi connectivity index (χ4n) is 2.18. The van der Waals surface area contributed by atoms with Crippen molar-refractivity contribution >= 4 is 0 Å². The van der Waals surface area contributed by atoms with Crippen LogP contribution < -0.4 is 5.32 Å². The lowest BCUT2D eigenvalue weighted by Crippen LogP contribution is -2.48. The van der Waals surface area contributed by atoms with Gasteiger partial charge in [-0.2, -0.15) is 5.26 Å². The third-order valence-electron chi connectivity index (χ3n) is 3.44. The van der Waals surface area contributed by atoms with Gasteiger partial charge in [-0.1, -0.05) is 12.2 Å². The lowest BCUT2D eigenvalue weighted by Gasteiger charge is -2.29. The van der Waals surface area contributed by atoms with Crippen molar-refractivity contribution in [2.45, 2.75) is 25.4 Å². The van der Waals surface area contributed by atoms with E-state index in [0.29, 0.717) is 5.92 Å². The lowest BCUT2D eigenvalue weighted by molar-refractivity contribution is 0.0764. The van der Waals surface area contributed by atoms with E-state index < -0.39 is 0 Å². The summed E-state index contributed by atoms with van der Waals surface area (Å²) in [5.74, 6) is 1.39. The highest BCUT2D eigenvalue weighted by atomic mass is 16.5. The van der Waals surface area contributed by atoms with Crippen LogP contribution in [0.4, 0.5) is 0 Å². The van der Waals surface area contributed by atoms with Gasteiger partial charge in [-0.25, -0.2) is 0 Å². The Morgan fingerprint density at radius 3 is 2.76 bits per heavy atom. The van der Waals surface area contributed by atoms with Crippen molar-refractivity contribution in [1.29, 1.82) is 5.26 Å². The summed E-state index contributed by atoms with van der Waals surface area (Å²) in [5, 5.41) is 12.5. The minimum absolute atomic E-state index is 0.239. The Hall–Kier alpha value is -1.53. The van der Waals surface area contributed by atoms with Gasteiger partial charge in [0.25, 0.3) is 0 Å². The number of rotatable bonds is 3. The summed E-state index contributed by atoms with van der Waals surface area (Å²) in [6.07, 6.45) is 9.79. The summed E-state index contributed by atoms with van der Waals surface area (Å²) in [5.41, 5.74) is 1.94. The first kappa shape index (κ1) is 10.6. The molecule has 0 amide bonds. The first-order chi connectivity index (χ1) is 8.38. The minimum Gasteiger partial charge on any atom is -0.487 e. The van der Waals surface area contributed by atoms with Crippen LogP contribution in [0.1, 0.15) is 19.3 Å². The van der Waals surface area contributed by atoms with Crippen molar-refractivity contribution in [1.82, 2.24) is 5.32 Å². The molecular weight excluding hydrogens is 212 g/mol. The van der Waals surface area contributed by atoms with Crippen molar-refractivity contribution in [2.75, 3.05) is 13.1 Å². The van der Waals surface area contributed by atoms with Gasteiger partial charge >= 0.3 is 0 Å². The van der Waals surface area contributed by atoms with E-state index in [1.54, 1.807) is 0 Å². The molecule has 0 aromatic carbocycles. The molecule has 17 heavy (non-hydrogen) atoms. The molecule has 1 saturated carbocycles. The Morgan fingerprint density at radius 2 is 2.18 bits per heavy atom. The molecule has 0 aromatic heterocycles. The molecule has 1 heterocycles. The van der Waals surface area contributed by atoms with Gasteiger partial charge in [0.2, 0.25) is 0 Å². The zero-order valence-electron chi connectivity index (χ0n) is 9.78. The molecule has 0 bridgehead atoms. The highest BCUT2D eigenvalue weighted by Crippen LogP contribution is 2.41. The molecule has 0 unspecified atom stereocenters. The van der Waals surface area contributed by atoms with E-state index in [1.807, 2.05) is 6.08 Å². The first-order valence-electron chi connectivity index (χ1n) is 6.27. The number of nitrogens with one attached hydrogen (secondary N) is 1. The summed E-state index contributed by atoms with van der Waals surface area (Å²) in [6.45, 7) is 1.78. The standard InChI is InChI=1S/C14H16N2O/c15-7-13-12(10-5-6-10)3-1-2-4-14(13)17-11-8-16-9-11/h1,3-4,10-11,16H,2,5-6,8-9H2. The Kier molecular flexibility index (Phi) is 2.74. The predicted octanol–water partition coefficient (Wildman–Crippen LogP) is 2.05. The summed E-state index contributed by atoms with van der Waals surface area (Å²) in [4.78, 5) is 0. The molecular formula is C14H16N2O. The van der Waals surface area contributed by atoms with Gasteiger partial charge < -0.3 is 10.1 Å². The molecule has 88 valence electrons. The van der Waals surface area contributed by atoms with E-state index in [1.165, 1.54) is 18.4 Å². The second-order valence-corrected chi connectivity index (χ2v) is 4.82. The Balaban J connectivity index is 1.87. The second kappa shape index (κ2) is 4.38. The molecule has 0 radical (unpaired) electrons. The normalized spacial score (nSPS) is 24.8. The third-order valence-corrected chi connectivity index (χ3v) is 3.44. The molecule has 3 aliphatic rings. The van der Waals surface area contributed by atoms with Gasteiger partial charge in [-0.15, -0.1) is 0 Å². The smallest absolute Gasteiger partial charge is 0.134 e. The minimum atomic E-state index is 0.239. The molecule has 0 aromatic rings. The summed E-state index contributed by atoms with van der Waals surface area (Å²) in [6, 6.07) is 2.33. The highest BCUT2D eigenvalue weighted by molar-refractivity contribution is 5.50. The summed E-state index contributed by atoms with van der Waals surface area (Å²) >= 11 is 0. The zero-order chi connectivity index (χ0) is 11.7. The van der Waals surface area contributed by atoms with Crippen molar-refractivity contribution in [3.8, 4) is 6.07 Å². The Bertz CT molecular complexity index is 445. The van der Waals surface area contributed by atoms with Gasteiger partial charge in [-0.05, 0) is 36.8 Å². The maximum atomic E-state index is 9.36. The van der Waals surface area contributed by atoms with Gasteiger partial charge in [0.05, 0.1) is 5.57 Å². The van der Waals surface area contributed by atoms with Crippen LogP contribution in [0.2, 0.25) is 0 Å². The van der Waals surface area contributed by atoms with Crippen molar-refractivity contribution < 1.29 is 4.74 Å². The largest absolute Gasteiger partial charge is 0.487 e. The summed E-state index contributed by atoms with van der Waals surface area (Å²) < 4.78 is 5.90. The molecule has 3 heteroatoms. The van der Waals surface area contributed by atoms with Crippen LogP contribution in [0.5, 0.6) is 0 Å². The number of hydrogen-bond acceptors (Lipinski definition) is 3. The number of nitriles is 1. The topological polar surface area (TPSA) is 45.0 Å². The fourth-order valence-corrected chi connectivity index (χ4v) is 2.18. The van der Waals surface area contributed by atoms with Crippen molar-refractivity contribution in [3.63, 3.8) is 0 Å². The molecule has 3 nitrogen and oxygen atoms in total. The molecule has 0 spiro atoms. The Morgan fingerprint density at radius 1 is 1.35 bits per heavy atom. The van der Waals surface area contributed by atoms with Crippen LogP contribution in [0.15, 0.2) is 35.1 Å². The van der Waals surface area contributed by atoms with Crippen LogP contribution >= 0.6 is 0 Å². The second-order valence-electron chi connectivity index (χ2n) is 4.82. The van der Waals surface area contributed by atoms with Crippen molar-refractivity contribution in [2.24, 2.45) is 5.92 Å². The monoisotopic (exact) mass is 228 g/mol. The van der Waals surface area contributed by atoms with Crippen LogP contribution in [-0.2, 0) is 4.74 Å². The molecule has 1 aliphatic heterocycles. The van der Waals surface area contributed by atoms with Crippen LogP contribution in [0.25, 0.3) is 0 Å². The van der Waals surface area contributed by atoms with E-state index in [-0.39, 0.29) is 6.10 Å². The number of allylic oxidation sites excluding steroid dienone is 5. The molecule has 1 N–H and O–H groups in total. The van der Waals surface area contributed by atoms with Crippen LogP contribution in [0.3, 0.4) is 0 Å². The molecule has 2 fully saturated rings. The van der Waals surface area contributed by atoms with E-state index >= 15 is 0 Å². The van der Waals surface area contributed by atoms with Gasteiger partial charge in [-0.3, -0.25) is 0 Å². The van der Waals surface area contributed by atoms with Gasteiger partial charge in [0.15, 0.2) is 0 Å². The number of ether oxygens (including phenoxy) is 1. The number of hydrogen-bond donors (Lipinski definition) is 1. The average Bonchev–Trinajstić information content (AvgIpc) is 3.09. The highest BCUT2D eigenvalue weighted by Gasteiger charge is 2.30. The van der Waals surface area contributed by atoms with E-state index in [4.69, 9.17) is 4.74 Å². The first-order valence-corrected chi connectivity index (χ1v) is 6.27.